The topological polar surface area (TPSA) is 43.6 Å². The second-order valence-electron chi connectivity index (χ2n) is 2.75. The predicted octanol–water partition coefficient (Wildman–Crippen LogP) is 0.805. The van der Waals surface area contributed by atoms with Gasteiger partial charge in [-0.15, -0.1) is 5.10 Å². The van der Waals surface area contributed by atoms with Crippen LogP contribution in [0.3, 0.4) is 0 Å². The minimum atomic E-state index is 0.863. The molecule has 0 saturated heterocycles. The first-order valence-electron chi connectivity index (χ1n) is 3.78. The van der Waals surface area contributed by atoms with Crippen molar-refractivity contribution >= 4 is 6.08 Å². The third-order valence-electron chi connectivity index (χ3n) is 2.04. The molecular formula is C8H6N4. The third kappa shape index (κ3) is 0.592. The Hall–Kier alpha value is -1.71. The molecule has 0 unspecified atom stereocenters. The largest absolute Gasteiger partial charge is 0.318 e. The molecule has 0 aromatic rings. The zero-order valence-electron chi connectivity index (χ0n) is 6.31. The number of aromatic nitrogens is 4. The molecule has 3 rings (SSSR count). The maximum atomic E-state index is 4.22. The Bertz CT molecular complexity index is 429. The van der Waals surface area contributed by atoms with E-state index in [9.17, 15) is 0 Å². The molecule has 3 heterocycles. The van der Waals surface area contributed by atoms with Gasteiger partial charge in [0, 0.05) is 6.54 Å². The van der Waals surface area contributed by atoms with Crippen LogP contribution in [0.1, 0.15) is 5.69 Å². The first-order chi connectivity index (χ1) is 5.95. The van der Waals surface area contributed by atoms with Crippen LogP contribution in [0.5, 0.6) is 0 Å². The predicted molar refractivity (Wildman–Crippen MR) is 43.5 cm³/mol. The Morgan fingerprint density at radius 2 is 2.33 bits per heavy atom. The molecule has 58 valence electrons. The van der Waals surface area contributed by atoms with E-state index in [1.54, 1.807) is 6.20 Å². The highest BCUT2D eigenvalue weighted by Gasteiger charge is 2.14. The average Bonchev–Trinajstić information content (AvgIpc) is 2.71. The lowest BCUT2D eigenvalue weighted by Crippen LogP contribution is -2.03. The van der Waals surface area contributed by atoms with Crippen molar-refractivity contribution in [3.63, 3.8) is 0 Å². The van der Waals surface area contributed by atoms with Crippen LogP contribution in [0.2, 0.25) is 0 Å². The van der Waals surface area contributed by atoms with E-state index < -0.39 is 0 Å². The SMILES string of the molecule is C1=Cc2cnc3cnnc-3n2C1. The normalized spacial score (nSPS) is 14.0. The van der Waals surface area contributed by atoms with Gasteiger partial charge in [-0.2, -0.15) is 5.10 Å². The molecule has 0 N–H and O–H groups in total. The fourth-order valence-corrected chi connectivity index (χ4v) is 1.46. The molecule has 3 aliphatic rings. The van der Waals surface area contributed by atoms with Gasteiger partial charge in [0.1, 0.15) is 5.69 Å². The molecule has 0 aliphatic carbocycles. The van der Waals surface area contributed by atoms with Crippen LogP contribution in [0.25, 0.3) is 17.6 Å². The highest BCUT2D eigenvalue weighted by molar-refractivity contribution is 5.57. The van der Waals surface area contributed by atoms with E-state index in [1.807, 2.05) is 12.3 Å². The Labute approximate surface area is 68.9 Å². The van der Waals surface area contributed by atoms with Crippen molar-refractivity contribution in [1.29, 1.82) is 0 Å². The van der Waals surface area contributed by atoms with Gasteiger partial charge in [0.15, 0.2) is 5.82 Å². The zero-order valence-corrected chi connectivity index (χ0v) is 6.31. The van der Waals surface area contributed by atoms with Gasteiger partial charge in [0.25, 0.3) is 0 Å². The molecule has 0 saturated carbocycles. The van der Waals surface area contributed by atoms with Gasteiger partial charge in [-0.05, 0) is 6.08 Å². The van der Waals surface area contributed by atoms with Crippen molar-refractivity contribution in [2.24, 2.45) is 0 Å². The molecule has 4 nitrogen and oxygen atoms in total. The number of hydrogen-bond acceptors (Lipinski definition) is 3. The quantitative estimate of drug-likeness (QED) is 0.569. The van der Waals surface area contributed by atoms with Gasteiger partial charge in [-0.1, -0.05) is 6.08 Å². The van der Waals surface area contributed by atoms with Crippen LogP contribution >= 0.6 is 0 Å². The van der Waals surface area contributed by atoms with Crippen LogP contribution in [-0.2, 0) is 6.54 Å². The third-order valence-corrected chi connectivity index (χ3v) is 2.04. The summed E-state index contributed by atoms with van der Waals surface area (Å²) < 4.78 is 2.09. The Kier molecular flexibility index (Phi) is 0.935. The molecular weight excluding hydrogens is 152 g/mol. The smallest absolute Gasteiger partial charge is 0.183 e. The summed E-state index contributed by atoms with van der Waals surface area (Å²) in [5.74, 6) is 0.873. The second kappa shape index (κ2) is 1.91. The van der Waals surface area contributed by atoms with Gasteiger partial charge in [-0.3, -0.25) is 0 Å². The summed E-state index contributed by atoms with van der Waals surface area (Å²) in [6, 6.07) is 0. The first kappa shape index (κ1) is 5.88. The standard InChI is InChI=1S/C8H6N4/c1-2-6-4-9-7-5-10-11-8(7)12(6)3-1/h1-2,4-5H,3H2. The van der Waals surface area contributed by atoms with E-state index >= 15 is 0 Å². The number of rotatable bonds is 0. The van der Waals surface area contributed by atoms with Crippen LogP contribution in [0.4, 0.5) is 0 Å². The average molecular weight is 158 g/mol. The van der Waals surface area contributed by atoms with Crippen molar-refractivity contribution in [3.8, 4) is 11.5 Å². The molecule has 0 spiro atoms. The van der Waals surface area contributed by atoms with Gasteiger partial charge in [-0.25, -0.2) is 4.98 Å². The highest BCUT2D eigenvalue weighted by Crippen LogP contribution is 2.21. The van der Waals surface area contributed by atoms with E-state index in [0.29, 0.717) is 0 Å². The summed E-state index contributed by atoms with van der Waals surface area (Å²) in [6.07, 6.45) is 7.66. The molecule has 0 atom stereocenters. The minimum absolute atomic E-state index is 0.863. The Morgan fingerprint density at radius 1 is 1.33 bits per heavy atom. The molecule has 0 aromatic carbocycles. The molecule has 12 heavy (non-hydrogen) atoms. The van der Waals surface area contributed by atoms with E-state index in [-0.39, 0.29) is 0 Å². The van der Waals surface area contributed by atoms with Crippen molar-refractivity contribution in [1.82, 2.24) is 19.7 Å². The lowest BCUT2D eigenvalue weighted by molar-refractivity contribution is 0.800. The van der Waals surface area contributed by atoms with Crippen molar-refractivity contribution in [2.75, 3.05) is 0 Å². The van der Waals surface area contributed by atoms with E-state index in [2.05, 4.69) is 25.8 Å². The summed E-state index contributed by atoms with van der Waals surface area (Å²) >= 11 is 0. The lowest BCUT2D eigenvalue weighted by atomic mass is 10.4. The molecule has 0 fully saturated rings. The zero-order chi connectivity index (χ0) is 7.97. The Morgan fingerprint density at radius 3 is 3.33 bits per heavy atom. The van der Waals surface area contributed by atoms with Crippen molar-refractivity contribution in [2.45, 2.75) is 6.54 Å². The number of allylic oxidation sites excluding steroid dienone is 1. The number of fused-ring (bicyclic) bond motifs is 3. The summed E-state index contributed by atoms with van der Waals surface area (Å²) in [5, 5.41) is 7.82. The fraction of sp³-hybridized carbons (Fsp3) is 0.125. The maximum Gasteiger partial charge on any atom is 0.183 e. The van der Waals surface area contributed by atoms with Gasteiger partial charge in [0.2, 0.25) is 0 Å². The number of hydrogen-bond donors (Lipinski definition) is 0. The molecule has 0 bridgehead atoms. The maximum absolute atomic E-state index is 4.22. The summed E-state index contributed by atoms with van der Waals surface area (Å²) in [5.41, 5.74) is 1.96. The van der Waals surface area contributed by atoms with E-state index in [1.165, 1.54) is 0 Å². The van der Waals surface area contributed by atoms with Crippen LogP contribution in [0, 0.1) is 0 Å². The first-order valence-corrected chi connectivity index (χ1v) is 3.78. The van der Waals surface area contributed by atoms with Gasteiger partial charge >= 0.3 is 0 Å². The van der Waals surface area contributed by atoms with Crippen LogP contribution in [0.15, 0.2) is 18.5 Å². The summed E-state index contributed by atoms with van der Waals surface area (Å²) in [6.45, 7) is 0.882. The van der Waals surface area contributed by atoms with E-state index in [0.717, 1.165) is 23.8 Å². The van der Waals surface area contributed by atoms with Gasteiger partial charge < -0.3 is 4.57 Å². The second-order valence-corrected chi connectivity index (χ2v) is 2.75. The molecule has 0 aromatic heterocycles. The summed E-state index contributed by atoms with van der Waals surface area (Å²) in [7, 11) is 0. The van der Waals surface area contributed by atoms with Gasteiger partial charge in [0.05, 0.1) is 18.1 Å². The van der Waals surface area contributed by atoms with Crippen LogP contribution in [-0.4, -0.2) is 19.7 Å². The van der Waals surface area contributed by atoms with E-state index in [4.69, 9.17) is 0 Å². The highest BCUT2D eigenvalue weighted by atomic mass is 15.2. The molecule has 0 amide bonds. The monoisotopic (exact) mass is 158 g/mol. The summed E-state index contributed by atoms with van der Waals surface area (Å²) in [4.78, 5) is 4.22. The van der Waals surface area contributed by atoms with Crippen molar-refractivity contribution in [3.05, 3.63) is 24.2 Å². The number of nitrogens with zero attached hydrogens (tertiary/aromatic N) is 4. The molecule has 4 heteroatoms. The minimum Gasteiger partial charge on any atom is -0.318 e. The van der Waals surface area contributed by atoms with Crippen LogP contribution < -0.4 is 0 Å². The lowest BCUT2D eigenvalue weighted by Gasteiger charge is -2.06. The molecule has 3 aliphatic heterocycles. The molecule has 0 radical (unpaired) electrons. The van der Waals surface area contributed by atoms with Crippen molar-refractivity contribution < 1.29 is 0 Å². The fourth-order valence-electron chi connectivity index (χ4n) is 1.46. The Balaban J connectivity index is 2.41.